The fourth-order valence-electron chi connectivity index (χ4n) is 1.78. The first kappa shape index (κ1) is 15.3. The molecule has 20 heavy (non-hydrogen) atoms. The second-order valence-corrected chi connectivity index (χ2v) is 6.51. The van der Waals surface area contributed by atoms with Gasteiger partial charge in [-0.3, -0.25) is 4.79 Å². The Kier molecular flexibility index (Phi) is 5.43. The molecular weight excluding hydrogens is 317 g/mol. The van der Waals surface area contributed by atoms with Gasteiger partial charge in [0, 0.05) is 12.3 Å². The SMILES string of the molecule is O=C(Nc1cccc(CCCO)c1)c1cc(Cl)sc1Cl. The van der Waals surface area contributed by atoms with Gasteiger partial charge in [-0.05, 0) is 36.6 Å². The van der Waals surface area contributed by atoms with Crippen LogP contribution in [0.2, 0.25) is 8.67 Å². The highest BCUT2D eigenvalue weighted by Gasteiger charge is 2.14. The van der Waals surface area contributed by atoms with Crippen molar-refractivity contribution in [1.82, 2.24) is 0 Å². The third-order valence-electron chi connectivity index (χ3n) is 2.71. The number of carbonyl (C=O) groups is 1. The highest BCUT2D eigenvalue weighted by molar-refractivity contribution is 7.20. The number of aliphatic hydroxyl groups is 1. The van der Waals surface area contributed by atoms with Crippen LogP contribution in [0.3, 0.4) is 0 Å². The highest BCUT2D eigenvalue weighted by atomic mass is 35.5. The van der Waals surface area contributed by atoms with Gasteiger partial charge in [-0.2, -0.15) is 0 Å². The summed E-state index contributed by atoms with van der Waals surface area (Å²) in [7, 11) is 0. The predicted molar refractivity (Wildman–Crippen MR) is 84.1 cm³/mol. The maximum absolute atomic E-state index is 12.1. The Hall–Kier alpha value is -1.07. The quantitative estimate of drug-likeness (QED) is 0.862. The van der Waals surface area contributed by atoms with E-state index in [1.807, 2.05) is 24.3 Å². The number of aliphatic hydroxyl groups excluding tert-OH is 1. The van der Waals surface area contributed by atoms with Gasteiger partial charge in [-0.15, -0.1) is 11.3 Å². The van der Waals surface area contributed by atoms with E-state index in [1.54, 1.807) is 6.07 Å². The summed E-state index contributed by atoms with van der Waals surface area (Å²) in [5.74, 6) is -0.280. The monoisotopic (exact) mass is 329 g/mol. The van der Waals surface area contributed by atoms with E-state index in [0.29, 0.717) is 26.3 Å². The number of halogens is 2. The van der Waals surface area contributed by atoms with Crippen LogP contribution in [0.5, 0.6) is 0 Å². The zero-order chi connectivity index (χ0) is 14.5. The molecule has 0 saturated heterocycles. The van der Waals surface area contributed by atoms with Gasteiger partial charge < -0.3 is 10.4 Å². The summed E-state index contributed by atoms with van der Waals surface area (Å²) in [5, 5.41) is 11.6. The fourth-order valence-corrected chi connectivity index (χ4v) is 3.24. The van der Waals surface area contributed by atoms with Crippen molar-refractivity contribution in [3.8, 4) is 0 Å². The Balaban J connectivity index is 2.09. The number of hydrogen-bond donors (Lipinski definition) is 2. The highest BCUT2D eigenvalue weighted by Crippen LogP contribution is 2.31. The van der Waals surface area contributed by atoms with Crippen LogP contribution >= 0.6 is 34.5 Å². The Morgan fingerprint density at radius 2 is 2.10 bits per heavy atom. The maximum Gasteiger partial charge on any atom is 0.258 e. The maximum atomic E-state index is 12.1. The number of aryl methyl sites for hydroxylation is 1. The molecule has 0 aliphatic heterocycles. The summed E-state index contributed by atoms with van der Waals surface area (Å²) in [6.07, 6.45) is 1.47. The molecule has 2 rings (SSSR count). The molecular formula is C14H13Cl2NO2S. The lowest BCUT2D eigenvalue weighted by molar-refractivity contribution is 0.102. The smallest absolute Gasteiger partial charge is 0.258 e. The number of nitrogens with one attached hydrogen (secondary N) is 1. The lowest BCUT2D eigenvalue weighted by atomic mass is 10.1. The van der Waals surface area contributed by atoms with E-state index >= 15 is 0 Å². The molecule has 6 heteroatoms. The molecule has 0 radical (unpaired) electrons. The molecule has 106 valence electrons. The summed E-state index contributed by atoms with van der Waals surface area (Å²) in [6, 6.07) is 9.07. The van der Waals surface area contributed by atoms with Crippen LogP contribution in [0.15, 0.2) is 30.3 Å². The number of carbonyl (C=O) groups excluding carboxylic acids is 1. The fraction of sp³-hybridized carbons (Fsp3) is 0.214. The molecule has 1 amide bonds. The third kappa shape index (κ3) is 3.96. The second kappa shape index (κ2) is 7.09. The van der Waals surface area contributed by atoms with Gasteiger partial charge in [0.2, 0.25) is 0 Å². The van der Waals surface area contributed by atoms with Crippen molar-refractivity contribution in [2.45, 2.75) is 12.8 Å². The summed E-state index contributed by atoms with van der Waals surface area (Å²) in [5.41, 5.74) is 2.14. The van der Waals surface area contributed by atoms with E-state index in [2.05, 4.69) is 5.32 Å². The second-order valence-electron chi connectivity index (χ2n) is 4.22. The van der Waals surface area contributed by atoms with Gasteiger partial charge in [0.1, 0.15) is 4.34 Å². The molecule has 0 fully saturated rings. The van der Waals surface area contributed by atoms with Crippen molar-refractivity contribution in [3.05, 3.63) is 50.1 Å². The van der Waals surface area contributed by atoms with Crippen LogP contribution in [0.25, 0.3) is 0 Å². The standard InChI is InChI=1S/C14H13Cl2NO2S/c15-12-8-11(13(16)20-12)14(19)17-10-5-1-3-9(7-10)4-2-6-18/h1,3,5,7-8,18H,2,4,6H2,(H,17,19). The van der Waals surface area contributed by atoms with Crippen LogP contribution in [-0.2, 0) is 6.42 Å². The lowest BCUT2D eigenvalue weighted by Gasteiger charge is -2.06. The Morgan fingerprint density at radius 1 is 1.30 bits per heavy atom. The van der Waals surface area contributed by atoms with E-state index in [0.717, 1.165) is 23.3 Å². The van der Waals surface area contributed by atoms with Gasteiger partial charge in [0.05, 0.1) is 9.90 Å². The van der Waals surface area contributed by atoms with E-state index in [1.165, 1.54) is 0 Å². The Labute approximate surface area is 131 Å². The average Bonchev–Trinajstić information content (AvgIpc) is 2.76. The van der Waals surface area contributed by atoms with Crippen LogP contribution < -0.4 is 5.32 Å². The molecule has 1 aromatic heterocycles. The molecule has 0 unspecified atom stereocenters. The molecule has 1 aromatic carbocycles. The molecule has 0 bridgehead atoms. The van der Waals surface area contributed by atoms with Crippen LogP contribution in [0.1, 0.15) is 22.3 Å². The number of hydrogen-bond acceptors (Lipinski definition) is 3. The number of benzene rings is 1. The Bertz CT molecular complexity index is 613. The zero-order valence-electron chi connectivity index (χ0n) is 10.5. The summed E-state index contributed by atoms with van der Waals surface area (Å²) in [4.78, 5) is 12.1. The number of amides is 1. The van der Waals surface area contributed by atoms with E-state index < -0.39 is 0 Å². The van der Waals surface area contributed by atoms with Gasteiger partial charge in [-0.25, -0.2) is 0 Å². The molecule has 3 nitrogen and oxygen atoms in total. The van der Waals surface area contributed by atoms with Gasteiger partial charge in [0.25, 0.3) is 5.91 Å². The minimum atomic E-state index is -0.280. The predicted octanol–water partition coefficient (Wildman–Crippen LogP) is 4.23. The van der Waals surface area contributed by atoms with Crippen molar-refractivity contribution >= 4 is 46.1 Å². The van der Waals surface area contributed by atoms with Crippen LogP contribution in [0, 0.1) is 0 Å². The van der Waals surface area contributed by atoms with E-state index in [9.17, 15) is 4.79 Å². The van der Waals surface area contributed by atoms with Crippen molar-refractivity contribution in [3.63, 3.8) is 0 Å². The normalized spacial score (nSPS) is 10.6. The lowest BCUT2D eigenvalue weighted by Crippen LogP contribution is -2.11. The molecule has 1 heterocycles. The average molecular weight is 330 g/mol. The zero-order valence-corrected chi connectivity index (χ0v) is 12.9. The van der Waals surface area contributed by atoms with Crippen molar-refractivity contribution in [1.29, 1.82) is 0 Å². The molecule has 0 atom stereocenters. The van der Waals surface area contributed by atoms with Crippen LogP contribution in [0.4, 0.5) is 5.69 Å². The van der Waals surface area contributed by atoms with Gasteiger partial charge >= 0.3 is 0 Å². The van der Waals surface area contributed by atoms with Crippen LogP contribution in [-0.4, -0.2) is 17.6 Å². The molecule has 0 saturated carbocycles. The number of rotatable bonds is 5. The number of anilines is 1. The van der Waals surface area contributed by atoms with Crippen molar-refractivity contribution in [2.75, 3.05) is 11.9 Å². The molecule has 0 spiro atoms. The molecule has 0 aliphatic carbocycles. The van der Waals surface area contributed by atoms with Gasteiger partial charge in [-0.1, -0.05) is 35.3 Å². The minimum Gasteiger partial charge on any atom is -0.396 e. The third-order valence-corrected chi connectivity index (χ3v) is 4.20. The summed E-state index contributed by atoms with van der Waals surface area (Å²) >= 11 is 12.9. The van der Waals surface area contributed by atoms with E-state index in [4.69, 9.17) is 28.3 Å². The minimum absolute atomic E-state index is 0.152. The molecule has 2 N–H and O–H groups in total. The topological polar surface area (TPSA) is 49.3 Å². The van der Waals surface area contributed by atoms with Crippen molar-refractivity contribution < 1.29 is 9.90 Å². The van der Waals surface area contributed by atoms with Gasteiger partial charge in [0.15, 0.2) is 0 Å². The largest absolute Gasteiger partial charge is 0.396 e. The van der Waals surface area contributed by atoms with E-state index in [-0.39, 0.29) is 12.5 Å². The summed E-state index contributed by atoms with van der Waals surface area (Å²) < 4.78 is 0.862. The van der Waals surface area contributed by atoms with Crippen molar-refractivity contribution in [2.24, 2.45) is 0 Å². The number of thiophene rings is 1. The Morgan fingerprint density at radius 3 is 2.75 bits per heavy atom. The summed E-state index contributed by atoms with van der Waals surface area (Å²) in [6.45, 7) is 0.152. The first-order valence-corrected chi connectivity index (χ1v) is 7.63. The first-order chi connectivity index (χ1) is 9.60. The molecule has 0 aliphatic rings. The molecule has 2 aromatic rings. The first-order valence-electron chi connectivity index (χ1n) is 6.06.